The summed E-state index contributed by atoms with van der Waals surface area (Å²) in [6.45, 7) is 2.79. The first-order valence-electron chi connectivity index (χ1n) is 10.5. The second-order valence-electron chi connectivity index (χ2n) is 7.82. The second-order valence-corrected chi connectivity index (χ2v) is 7.82. The molecule has 2 fully saturated rings. The van der Waals surface area contributed by atoms with E-state index in [0.29, 0.717) is 35.6 Å². The minimum atomic E-state index is -0.0304. The van der Waals surface area contributed by atoms with Crippen LogP contribution in [0.25, 0.3) is 0 Å². The lowest BCUT2D eigenvalue weighted by Gasteiger charge is -2.25. The maximum absolute atomic E-state index is 12.9. The van der Waals surface area contributed by atoms with E-state index < -0.39 is 0 Å². The molecule has 0 spiro atoms. The first-order valence-corrected chi connectivity index (χ1v) is 10.5. The summed E-state index contributed by atoms with van der Waals surface area (Å²) >= 11 is 0. The summed E-state index contributed by atoms with van der Waals surface area (Å²) in [6, 6.07) is 16.1. The number of carbonyl (C=O) groups excluding carboxylic acids is 2. The molecule has 30 heavy (non-hydrogen) atoms. The van der Waals surface area contributed by atoms with Crippen LogP contribution in [-0.4, -0.2) is 53.9 Å². The molecule has 1 atom stereocenters. The van der Waals surface area contributed by atoms with Crippen molar-refractivity contribution in [3.63, 3.8) is 0 Å². The van der Waals surface area contributed by atoms with Crippen LogP contribution in [0.1, 0.15) is 52.0 Å². The molecule has 0 aromatic heterocycles. The first kappa shape index (κ1) is 20.0. The number of hydrogen-bond donors (Lipinski definition) is 0. The second kappa shape index (κ2) is 9.00. The van der Waals surface area contributed by atoms with Crippen LogP contribution in [0.15, 0.2) is 48.5 Å². The molecule has 0 aliphatic carbocycles. The quantitative estimate of drug-likeness (QED) is 0.766. The van der Waals surface area contributed by atoms with Gasteiger partial charge in [-0.05, 0) is 74.2 Å². The van der Waals surface area contributed by atoms with Crippen molar-refractivity contribution in [1.29, 1.82) is 5.26 Å². The van der Waals surface area contributed by atoms with E-state index >= 15 is 0 Å². The van der Waals surface area contributed by atoms with Gasteiger partial charge in [0.05, 0.1) is 17.7 Å². The van der Waals surface area contributed by atoms with E-state index in [1.807, 2.05) is 34.1 Å². The van der Waals surface area contributed by atoms with Gasteiger partial charge in [-0.1, -0.05) is 0 Å². The van der Waals surface area contributed by atoms with Gasteiger partial charge in [0, 0.05) is 30.8 Å². The highest BCUT2D eigenvalue weighted by Gasteiger charge is 2.30. The third kappa shape index (κ3) is 4.30. The Hall–Kier alpha value is -3.33. The van der Waals surface area contributed by atoms with Gasteiger partial charge in [-0.15, -0.1) is 0 Å². The normalized spacial score (nSPS) is 18.3. The van der Waals surface area contributed by atoms with Crippen LogP contribution in [0.3, 0.4) is 0 Å². The van der Waals surface area contributed by atoms with Crippen molar-refractivity contribution < 1.29 is 14.3 Å². The molecule has 6 nitrogen and oxygen atoms in total. The van der Waals surface area contributed by atoms with E-state index in [1.54, 1.807) is 24.3 Å². The van der Waals surface area contributed by atoms with Crippen LogP contribution in [0, 0.1) is 11.3 Å². The van der Waals surface area contributed by atoms with E-state index in [-0.39, 0.29) is 17.9 Å². The van der Waals surface area contributed by atoms with E-state index in [2.05, 4.69) is 6.07 Å². The van der Waals surface area contributed by atoms with Crippen LogP contribution < -0.4 is 4.74 Å². The number of benzene rings is 2. The lowest BCUT2D eigenvalue weighted by molar-refractivity contribution is 0.0690. The molecule has 0 radical (unpaired) electrons. The zero-order chi connectivity index (χ0) is 20.9. The fraction of sp³-hybridized carbons (Fsp3) is 0.375. The molecule has 2 saturated heterocycles. The molecule has 4 rings (SSSR count). The summed E-state index contributed by atoms with van der Waals surface area (Å²) in [5.41, 5.74) is 1.81. The average molecular weight is 403 g/mol. The Morgan fingerprint density at radius 2 is 1.53 bits per heavy atom. The summed E-state index contributed by atoms with van der Waals surface area (Å²) in [5.74, 6) is 0.747. The molecule has 2 aromatic rings. The Bertz CT molecular complexity index is 941. The standard InChI is InChI=1S/C24H25N3O3/c25-16-18-5-7-20(8-6-18)24(29)27-15-3-4-21(27)17-30-22-11-9-19(10-12-22)23(28)26-13-1-2-14-26/h5-12,21H,1-4,13-15,17H2. The highest BCUT2D eigenvalue weighted by molar-refractivity contribution is 5.95. The zero-order valence-electron chi connectivity index (χ0n) is 16.9. The fourth-order valence-corrected chi connectivity index (χ4v) is 4.12. The number of ether oxygens (including phenoxy) is 1. The molecule has 0 saturated carbocycles. The van der Waals surface area contributed by atoms with Crippen LogP contribution >= 0.6 is 0 Å². The molecule has 2 heterocycles. The van der Waals surface area contributed by atoms with Crippen LogP contribution in [-0.2, 0) is 0 Å². The Labute approximate surface area is 176 Å². The topological polar surface area (TPSA) is 73.6 Å². The number of rotatable bonds is 5. The summed E-state index contributed by atoms with van der Waals surface area (Å²) in [7, 11) is 0. The van der Waals surface area contributed by atoms with Gasteiger partial charge in [-0.2, -0.15) is 5.26 Å². The van der Waals surface area contributed by atoms with Crippen LogP contribution in [0.2, 0.25) is 0 Å². The third-order valence-corrected chi connectivity index (χ3v) is 5.84. The van der Waals surface area contributed by atoms with Crippen molar-refractivity contribution in [2.45, 2.75) is 31.7 Å². The van der Waals surface area contributed by atoms with Gasteiger partial charge in [0.25, 0.3) is 11.8 Å². The Morgan fingerprint density at radius 3 is 2.20 bits per heavy atom. The van der Waals surface area contributed by atoms with Crippen molar-refractivity contribution in [3.05, 3.63) is 65.2 Å². The highest BCUT2D eigenvalue weighted by Crippen LogP contribution is 2.23. The number of hydrogen-bond acceptors (Lipinski definition) is 4. The Kier molecular flexibility index (Phi) is 5.99. The number of amides is 2. The highest BCUT2D eigenvalue weighted by atomic mass is 16.5. The van der Waals surface area contributed by atoms with Crippen molar-refractivity contribution in [1.82, 2.24) is 9.80 Å². The maximum Gasteiger partial charge on any atom is 0.254 e. The van der Waals surface area contributed by atoms with Gasteiger partial charge in [0.1, 0.15) is 12.4 Å². The SMILES string of the molecule is N#Cc1ccc(C(=O)N2CCCC2COc2ccc(C(=O)N3CCCC3)cc2)cc1. The zero-order valence-corrected chi connectivity index (χ0v) is 16.9. The maximum atomic E-state index is 12.9. The van der Waals surface area contributed by atoms with Crippen LogP contribution in [0.4, 0.5) is 0 Å². The van der Waals surface area contributed by atoms with Crippen molar-refractivity contribution in [3.8, 4) is 11.8 Å². The minimum Gasteiger partial charge on any atom is -0.491 e. The fourth-order valence-electron chi connectivity index (χ4n) is 4.12. The third-order valence-electron chi connectivity index (χ3n) is 5.84. The molecule has 2 aromatic carbocycles. The molecule has 1 unspecified atom stereocenters. The van der Waals surface area contributed by atoms with Crippen molar-refractivity contribution in [2.24, 2.45) is 0 Å². The number of likely N-dealkylation sites (tertiary alicyclic amines) is 2. The summed E-state index contributed by atoms with van der Waals surface area (Å²) in [5, 5.41) is 8.92. The van der Waals surface area contributed by atoms with Crippen LogP contribution in [0.5, 0.6) is 5.75 Å². The molecule has 2 aliphatic rings. The van der Waals surface area contributed by atoms with Gasteiger partial charge in [-0.25, -0.2) is 0 Å². The van der Waals surface area contributed by atoms with Crippen molar-refractivity contribution >= 4 is 11.8 Å². The lowest BCUT2D eigenvalue weighted by Crippen LogP contribution is -2.39. The van der Waals surface area contributed by atoms with Gasteiger partial charge in [0.15, 0.2) is 0 Å². The van der Waals surface area contributed by atoms with E-state index in [4.69, 9.17) is 10.00 Å². The summed E-state index contributed by atoms with van der Waals surface area (Å²) in [4.78, 5) is 29.0. The molecular weight excluding hydrogens is 378 g/mol. The Balaban J connectivity index is 1.35. The Morgan fingerprint density at radius 1 is 0.900 bits per heavy atom. The molecule has 2 aliphatic heterocycles. The minimum absolute atomic E-state index is 0.0130. The monoisotopic (exact) mass is 403 g/mol. The van der Waals surface area contributed by atoms with E-state index in [9.17, 15) is 9.59 Å². The molecule has 0 bridgehead atoms. The number of nitrogens with zero attached hydrogens (tertiary/aromatic N) is 3. The summed E-state index contributed by atoms with van der Waals surface area (Å²) < 4.78 is 5.94. The summed E-state index contributed by atoms with van der Waals surface area (Å²) in [6.07, 6.45) is 3.99. The predicted octanol–water partition coefficient (Wildman–Crippen LogP) is 3.48. The van der Waals surface area contributed by atoms with Gasteiger partial charge >= 0.3 is 0 Å². The molecule has 154 valence electrons. The van der Waals surface area contributed by atoms with E-state index in [0.717, 1.165) is 38.8 Å². The van der Waals surface area contributed by atoms with Crippen molar-refractivity contribution in [2.75, 3.05) is 26.2 Å². The van der Waals surface area contributed by atoms with Gasteiger partial charge in [0.2, 0.25) is 0 Å². The van der Waals surface area contributed by atoms with E-state index in [1.165, 1.54) is 0 Å². The molecular formula is C24H25N3O3. The molecule has 2 amide bonds. The molecule has 0 N–H and O–H groups in total. The molecule has 6 heteroatoms. The smallest absolute Gasteiger partial charge is 0.254 e. The first-order chi connectivity index (χ1) is 14.7. The van der Waals surface area contributed by atoms with Gasteiger partial charge < -0.3 is 14.5 Å². The predicted molar refractivity (Wildman–Crippen MR) is 112 cm³/mol. The van der Waals surface area contributed by atoms with Gasteiger partial charge in [-0.3, -0.25) is 9.59 Å². The lowest BCUT2D eigenvalue weighted by atomic mass is 10.1. The number of carbonyl (C=O) groups is 2. The number of nitriles is 1. The largest absolute Gasteiger partial charge is 0.491 e. The average Bonchev–Trinajstić information content (AvgIpc) is 3.49.